The molecule has 1 atom stereocenters. The van der Waals surface area contributed by atoms with E-state index in [1.54, 1.807) is 4.90 Å². The van der Waals surface area contributed by atoms with Gasteiger partial charge in [-0.2, -0.15) is 0 Å². The van der Waals surface area contributed by atoms with Gasteiger partial charge in [-0.05, 0) is 5.57 Å². The minimum absolute atomic E-state index is 0.0423. The summed E-state index contributed by atoms with van der Waals surface area (Å²) in [4.78, 5) is 24.0. The van der Waals surface area contributed by atoms with Gasteiger partial charge in [0.15, 0.2) is 0 Å². The topological polar surface area (TPSA) is 63.4 Å². The lowest BCUT2D eigenvalue weighted by Gasteiger charge is -2.16. The second-order valence-corrected chi connectivity index (χ2v) is 3.65. The van der Waals surface area contributed by atoms with Gasteiger partial charge in [0.2, 0.25) is 5.91 Å². The van der Waals surface area contributed by atoms with E-state index in [-0.39, 0.29) is 24.2 Å². The first kappa shape index (κ1) is 8.99. The molecule has 74 valence electrons. The first-order chi connectivity index (χ1) is 6.66. The summed E-state index contributed by atoms with van der Waals surface area (Å²) in [6.07, 6.45) is 6.17. The highest BCUT2D eigenvalue weighted by Crippen LogP contribution is 2.27. The van der Waals surface area contributed by atoms with Crippen molar-refractivity contribution in [2.45, 2.75) is 6.42 Å². The van der Waals surface area contributed by atoms with Crippen LogP contribution in [-0.4, -0.2) is 29.7 Å². The van der Waals surface area contributed by atoms with E-state index in [4.69, 9.17) is 5.73 Å². The monoisotopic (exact) mass is 192 g/mol. The fraction of sp³-hybridized carbons (Fsp3) is 0.400. The van der Waals surface area contributed by atoms with Gasteiger partial charge in [-0.1, -0.05) is 12.2 Å². The number of fused-ring (bicyclic) bond motifs is 1. The van der Waals surface area contributed by atoms with Gasteiger partial charge < -0.3 is 10.6 Å². The number of rotatable bonds is 2. The number of Topliss-reactive ketones (excluding diaryl/α,β-unsaturated/α-hetero) is 1. The average Bonchev–Trinajstić information content (AvgIpc) is 2.47. The maximum atomic E-state index is 11.5. The molecule has 0 saturated carbocycles. The van der Waals surface area contributed by atoms with Gasteiger partial charge in [0.1, 0.15) is 5.78 Å². The van der Waals surface area contributed by atoms with Crippen molar-refractivity contribution < 1.29 is 9.59 Å². The predicted octanol–water partition coefficient (Wildman–Crippen LogP) is -0.184. The van der Waals surface area contributed by atoms with Gasteiger partial charge in [-0.15, -0.1) is 0 Å². The quantitative estimate of drug-likeness (QED) is 0.660. The molecule has 1 aliphatic heterocycles. The first-order valence-electron chi connectivity index (χ1n) is 4.60. The van der Waals surface area contributed by atoms with Gasteiger partial charge in [0.05, 0.1) is 12.5 Å². The molecule has 1 amide bonds. The Morgan fingerprint density at radius 3 is 3.07 bits per heavy atom. The first-order valence-corrected chi connectivity index (χ1v) is 4.60. The van der Waals surface area contributed by atoms with Crippen LogP contribution in [0.2, 0.25) is 0 Å². The Hall–Kier alpha value is -1.58. The van der Waals surface area contributed by atoms with Crippen LogP contribution >= 0.6 is 0 Å². The molecule has 0 aromatic carbocycles. The molecule has 2 aliphatic rings. The Bertz CT molecular complexity index is 344. The van der Waals surface area contributed by atoms with Crippen LogP contribution in [0.25, 0.3) is 0 Å². The Morgan fingerprint density at radius 1 is 1.64 bits per heavy atom. The summed E-state index contributed by atoms with van der Waals surface area (Å²) >= 11 is 0. The summed E-state index contributed by atoms with van der Waals surface area (Å²) in [6.45, 7) is 0.794. The minimum Gasteiger partial charge on any atom is -0.368 e. The predicted molar refractivity (Wildman–Crippen MR) is 51.1 cm³/mol. The summed E-state index contributed by atoms with van der Waals surface area (Å²) in [6, 6.07) is 0. The minimum atomic E-state index is -0.364. The molecular weight excluding hydrogens is 180 g/mol. The fourth-order valence-electron chi connectivity index (χ4n) is 1.90. The number of ketones is 1. The van der Waals surface area contributed by atoms with E-state index < -0.39 is 0 Å². The largest absolute Gasteiger partial charge is 0.368 e. The van der Waals surface area contributed by atoms with Crippen LogP contribution in [-0.2, 0) is 9.59 Å². The average molecular weight is 192 g/mol. The highest BCUT2D eigenvalue weighted by atomic mass is 16.1. The van der Waals surface area contributed by atoms with E-state index >= 15 is 0 Å². The standard InChI is InChI=1S/C10H12N2O2/c11-10(14)6-12-4-7-2-1-3-9(13)8(7)5-12/h1-2,4,8H,3,5-6H2,(H2,11,14). The molecule has 0 aromatic heterocycles. The Labute approximate surface area is 82.1 Å². The molecule has 0 spiro atoms. The molecule has 4 heteroatoms. The van der Waals surface area contributed by atoms with Gasteiger partial charge >= 0.3 is 0 Å². The number of allylic oxidation sites excluding steroid dienone is 2. The summed E-state index contributed by atoms with van der Waals surface area (Å²) < 4.78 is 0. The Kier molecular flexibility index (Phi) is 2.11. The number of amides is 1. The fourth-order valence-corrected chi connectivity index (χ4v) is 1.90. The second-order valence-electron chi connectivity index (χ2n) is 3.65. The lowest BCUT2D eigenvalue weighted by Crippen LogP contribution is -2.31. The van der Waals surface area contributed by atoms with Crippen LogP contribution in [0.15, 0.2) is 23.9 Å². The third-order valence-electron chi connectivity index (χ3n) is 2.53. The molecule has 1 unspecified atom stereocenters. The number of hydrogen-bond donors (Lipinski definition) is 1. The van der Waals surface area contributed by atoms with Crippen LogP contribution in [0.4, 0.5) is 0 Å². The number of nitrogens with zero attached hydrogens (tertiary/aromatic N) is 1. The van der Waals surface area contributed by atoms with E-state index in [1.165, 1.54) is 0 Å². The van der Waals surface area contributed by atoms with Crippen molar-refractivity contribution in [2.24, 2.45) is 11.7 Å². The van der Waals surface area contributed by atoms with Gasteiger partial charge in [-0.25, -0.2) is 0 Å². The molecule has 0 radical (unpaired) electrons. The van der Waals surface area contributed by atoms with Crippen molar-refractivity contribution in [1.29, 1.82) is 0 Å². The van der Waals surface area contributed by atoms with Crippen LogP contribution in [0, 0.1) is 5.92 Å². The number of hydrogen-bond acceptors (Lipinski definition) is 3. The molecule has 14 heavy (non-hydrogen) atoms. The van der Waals surface area contributed by atoms with E-state index in [9.17, 15) is 9.59 Å². The molecular formula is C10H12N2O2. The van der Waals surface area contributed by atoms with Crippen molar-refractivity contribution in [1.82, 2.24) is 4.90 Å². The van der Waals surface area contributed by atoms with E-state index in [2.05, 4.69) is 0 Å². The lowest BCUT2D eigenvalue weighted by molar-refractivity contribution is -0.122. The summed E-state index contributed by atoms with van der Waals surface area (Å²) in [5, 5.41) is 0. The van der Waals surface area contributed by atoms with Crippen molar-refractivity contribution in [2.75, 3.05) is 13.1 Å². The SMILES string of the molecule is NC(=O)CN1C=C2C=CCC(=O)C2C1. The molecule has 0 aromatic rings. The molecule has 0 bridgehead atoms. The zero-order valence-electron chi connectivity index (χ0n) is 7.77. The maximum absolute atomic E-state index is 11.5. The summed E-state index contributed by atoms with van der Waals surface area (Å²) in [7, 11) is 0. The number of nitrogens with two attached hydrogens (primary N) is 1. The third-order valence-corrected chi connectivity index (χ3v) is 2.53. The Morgan fingerprint density at radius 2 is 2.43 bits per heavy atom. The highest BCUT2D eigenvalue weighted by Gasteiger charge is 2.30. The van der Waals surface area contributed by atoms with Gasteiger partial charge in [-0.3, -0.25) is 9.59 Å². The van der Waals surface area contributed by atoms with E-state index in [1.807, 2.05) is 18.4 Å². The number of carbonyl (C=O) groups is 2. The second kappa shape index (κ2) is 3.29. The zero-order valence-corrected chi connectivity index (χ0v) is 7.77. The maximum Gasteiger partial charge on any atom is 0.236 e. The smallest absolute Gasteiger partial charge is 0.236 e. The summed E-state index contributed by atoms with van der Waals surface area (Å²) in [5.74, 6) is -0.179. The van der Waals surface area contributed by atoms with Crippen molar-refractivity contribution >= 4 is 11.7 Å². The number of carbonyl (C=O) groups excluding carboxylic acids is 2. The van der Waals surface area contributed by atoms with Crippen LogP contribution in [0.5, 0.6) is 0 Å². The third kappa shape index (κ3) is 1.55. The molecule has 0 fully saturated rings. The van der Waals surface area contributed by atoms with Gasteiger partial charge in [0.25, 0.3) is 0 Å². The van der Waals surface area contributed by atoms with E-state index in [0.717, 1.165) is 5.57 Å². The normalized spacial score (nSPS) is 24.9. The van der Waals surface area contributed by atoms with Gasteiger partial charge in [0, 0.05) is 19.2 Å². The zero-order chi connectivity index (χ0) is 10.1. The molecule has 1 aliphatic carbocycles. The molecule has 1 heterocycles. The van der Waals surface area contributed by atoms with Crippen molar-refractivity contribution in [3.05, 3.63) is 23.9 Å². The van der Waals surface area contributed by atoms with Crippen LogP contribution < -0.4 is 5.73 Å². The Balaban J connectivity index is 2.11. The van der Waals surface area contributed by atoms with Crippen molar-refractivity contribution in [3.63, 3.8) is 0 Å². The molecule has 4 nitrogen and oxygen atoms in total. The molecule has 2 N–H and O–H groups in total. The molecule has 2 rings (SSSR count). The lowest BCUT2D eigenvalue weighted by atomic mass is 9.90. The van der Waals surface area contributed by atoms with E-state index in [0.29, 0.717) is 13.0 Å². The van der Waals surface area contributed by atoms with Crippen molar-refractivity contribution in [3.8, 4) is 0 Å². The highest BCUT2D eigenvalue weighted by molar-refractivity contribution is 5.88. The summed E-state index contributed by atoms with van der Waals surface area (Å²) in [5.41, 5.74) is 6.09. The number of primary amides is 1. The van der Waals surface area contributed by atoms with Crippen LogP contribution in [0.3, 0.4) is 0 Å². The van der Waals surface area contributed by atoms with Crippen LogP contribution in [0.1, 0.15) is 6.42 Å². The molecule has 0 saturated heterocycles.